The molecule has 144 valence electrons. The van der Waals surface area contributed by atoms with Gasteiger partial charge in [-0.15, -0.1) is 0 Å². The first kappa shape index (κ1) is 15.7. The Labute approximate surface area is 161 Å². The summed E-state index contributed by atoms with van der Waals surface area (Å²) < 4.78 is 10.6. The van der Waals surface area contributed by atoms with Crippen LogP contribution in [0, 0.1) is 47.3 Å². The van der Waals surface area contributed by atoms with E-state index < -0.39 is 24.1 Å². The maximum atomic E-state index is 13.0. The van der Waals surface area contributed by atoms with E-state index in [0.717, 1.165) is 11.1 Å². The molecule has 0 unspecified atom stereocenters. The van der Waals surface area contributed by atoms with Crippen molar-refractivity contribution < 1.29 is 28.7 Å². The number of carbonyl (C=O) groups is 4. The number of Topliss-reactive ketones (excluding diaryl/α,β-unsaturated/α-hetero) is 2. The molecule has 28 heavy (non-hydrogen) atoms. The first-order chi connectivity index (χ1) is 13.4. The summed E-state index contributed by atoms with van der Waals surface area (Å²) in [4.78, 5) is 48.7. The zero-order valence-corrected chi connectivity index (χ0v) is 15.6. The number of rotatable bonds is 2. The third-order valence-corrected chi connectivity index (χ3v) is 8.91. The van der Waals surface area contributed by atoms with Crippen LogP contribution in [0.4, 0.5) is 0 Å². The third kappa shape index (κ3) is 1.40. The molecule has 10 atom stereocenters. The Morgan fingerprint density at radius 2 is 1.04 bits per heavy atom. The number of hydrogen-bond donors (Lipinski definition) is 0. The van der Waals surface area contributed by atoms with Crippen molar-refractivity contribution >= 4 is 23.5 Å². The highest BCUT2D eigenvalue weighted by molar-refractivity contribution is 6.07. The average molecular weight is 380 g/mol. The van der Waals surface area contributed by atoms with E-state index in [0.29, 0.717) is 60.2 Å². The third-order valence-electron chi connectivity index (χ3n) is 8.91. The molecule has 8 aliphatic carbocycles. The Balaban J connectivity index is 1.23. The molecule has 6 nitrogen and oxygen atoms in total. The summed E-state index contributed by atoms with van der Waals surface area (Å²) in [7, 11) is 0. The molecule has 4 saturated carbocycles. The van der Waals surface area contributed by atoms with Gasteiger partial charge in [-0.25, -0.2) is 0 Å². The minimum absolute atomic E-state index is 0.0269. The van der Waals surface area contributed by atoms with Gasteiger partial charge in [-0.05, 0) is 47.3 Å². The van der Waals surface area contributed by atoms with Crippen molar-refractivity contribution in [3.8, 4) is 0 Å². The Morgan fingerprint density at radius 1 is 0.679 bits per heavy atom. The van der Waals surface area contributed by atoms with Crippen molar-refractivity contribution in [1.82, 2.24) is 0 Å². The maximum absolute atomic E-state index is 13.0. The molecular weight excluding hydrogens is 360 g/mol. The summed E-state index contributed by atoms with van der Waals surface area (Å²) in [6.45, 7) is 2.71. The van der Waals surface area contributed by atoms with Gasteiger partial charge in [-0.2, -0.15) is 0 Å². The van der Waals surface area contributed by atoms with Gasteiger partial charge < -0.3 is 9.47 Å². The largest absolute Gasteiger partial charge is 0.454 e. The number of esters is 2. The normalized spacial score (nSPS) is 50.4. The Bertz CT molecular complexity index is 920. The first-order valence-electron chi connectivity index (χ1n) is 10.3. The summed E-state index contributed by atoms with van der Waals surface area (Å²) in [5.41, 5.74) is 4.39. The minimum Gasteiger partial charge on any atom is -0.454 e. The molecule has 0 aromatic heterocycles. The molecule has 0 heterocycles. The van der Waals surface area contributed by atoms with Crippen molar-refractivity contribution in [3.05, 3.63) is 22.3 Å². The van der Waals surface area contributed by atoms with Crippen LogP contribution in [-0.4, -0.2) is 35.7 Å². The summed E-state index contributed by atoms with van der Waals surface area (Å²) in [6, 6.07) is 0. The molecule has 0 amide bonds. The predicted molar refractivity (Wildman–Crippen MR) is 92.3 cm³/mol. The van der Waals surface area contributed by atoms with Crippen molar-refractivity contribution in [3.63, 3.8) is 0 Å². The lowest BCUT2D eigenvalue weighted by Gasteiger charge is -2.35. The summed E-state index contributed by atoms with van der Waals surface area (Å²) in [5.74, 6) is 2.48. The molecule has 0 aliphatic heterocycles. The second-order valence-corrected chi connectivity index (χ2v) is 9.62. The highest BCUT2D eigenvalue weighted by Crippen LogP contribution is 2.85. The Hall–Kier alpha value is -2.24. The molecule has 0 saturated heterocycles. The number of ether oxygens (including phenoxy) is 2. The van der Waals surface area contributed by atoms with Gasteiger partial charge >= 0.3 is 11.9 Å². The second kappa shape index (κ2) is 4.50. The van der Waals surface area contributed by atoms with E-state index in [4.69, 9.17) is 9.47 Å². The van der Waals surface area contributed by atoms with Gasteiger partial charge in [0.15, 0.2) is 23.8 Å². The van der Waals surface area contributed by atoms with Crippen molar-refractivity contribution in [1.29, 1.82) is 0 Å². The molecule has 8 rings (SSSR count). The lowest BCUT2D eigenvalue weighted by Crippen LogP contribution is -2.33. The van der Waals surface area contributed by atoms with Gasteiger partial charge in [-0.1, -0.05) is 11.1 Å². The fraction of sp³-hybridized carbons (Fsp3) is 0.636. The Kier molecular flexibility index (Phi) is 2.51. The summed E-state index contributed by atoms with van der Waals surface area (Å²) >= 11 is 0. The first-order valence-corrected chi connectivity index (χ1v) is 10.3. The van der Waals surface area contributed by atoms with E-state index in [1.54, 1.807) is 0 Å². The maximum Gasteiger partial charge on any atom is 0.303 e. The Morgan fingerprint density at radius 3 is 1.36 bits per heavy atom. The number of ketones is 2. The van der Waals surface area contributed by atoms with Gasteiger partial charge in [0, 0.05) is 37.8 Å². The van der Waals surface area contributed by atoms with Crippen LogP contribution < -0.4 is 0 Å². The van der Waals surface area contributed by atoms with Crippen LogP contribution in [0.5, 0.6) is 0 Å². The quantitative estimate of drug-likeness (QED) is 0.673. The van der Waals surface area contributed by atoms with Gasteiger partial charge in [0.25, 0.3) is 0 Å². The van der Waals surface area contributed by atoms with Crippen LogP contribution in [-0.2, 0) is 28.7 Å². The van der Waals surface area contributed by atoms with Crippen LogP contribution in [0.15, 0.2) is 22.3 Å². The van der Waals surface area contributed by atoms with Gasteiger partial charge in [0.05, 0.1) is 0 Å². The van der Waals surface area contributed by atoms with Crippen molar-refractivity contribution in [2.75, 3.05) is 0 Å². The average Bonchev–Trinajstić information content (AvgIpc) is 3.41. The fourth-order valence-corrected chi connectivity index (χ4v) is 8.98. The SMILES string of the molecule is CC(=O)O[C@@H]1CC2=C(C1=O)[C@@H]1[C@H]3[C@H]4C5=C(C(=O)[C@H](OC(C)=O)C5)[C@H]5[C@H]3[C@@H]2[C@@H]1[C@H]45. The summed E-state index contributed by atoms with van der Waals surface area (Å²) in [5, 5.41) is 0. The fourth-order valence-electron chi connectivity index (χ4n) is 8.98. The van der Waals surface area contributed by atoms with E-state index in [9.17, 15) is 19.2 Å². The van der Waals surface area contributed by atoms with E-state index >= 15 is 0 Å². The van der Waals surface area contributed by atoms with Crippen LogP contribution in [0.25, 0.3) is 0 Å². The smallest absolute Gasteiger partial charge is 0.303 e. The van der Waals surface area contributed by atoms with Crippen LogP contribution in [0.1, 0.15) is 26.7 Å². The molecule has 8 aliphatic rings. The number of carbonyl (C=O) groups excluding carboxylic acids is 4. The molecule has 0 radical (unpaired) electrons. The van der Waals surface area contributed by atoms with Gasteiger partial charge in [0.2, 0.25) is 0 Å². The van der Waals surface area contributed by atoms with Crippen molar-refractivity contribution in [2.45, 2.75) is 38.9 Å². The lowest BCUT2D eigenvalue weighted by molar-refractivity contribution is -0.151. The second-order valence-electron chi connectivity index (χ2n) is 9.62. The van der Waals surface area contributed by atoms with E-state index in [-0.39, 0.29) is 11.6 Å². The summed E-state index contributed by atoms with van der Waals surface area (Å²) in [6.07, 6.45) is -0.159. The van der Waals surface area contributed by atoms with Crippen molar-refractivity contribution in [2.24, 2.45) is 47.3 Å². The van der Waals surface area contributed by atoms with E-state index in [1.807, 2.05) is 0 Å². The zero-order chi connectivity index (χ0) is 19.2. The topological polar surface area (TPSA) is 86.7 Å². The molecule has 0 N–H and O–H groups in total. The standard InChI is InChI=1S/C22H20O6/c1-5(23)27-9-3-7-11-15-16-12-8-4-10(28-6(2)24)22(26)14(8)20(16)17(11)18(12)19(15)13(7)21(9)25/h9-12,15-20H,3-4H2,1-2H3/t9-,10-,11+,12+,15-,16+,17+,18+,19+,20-/m1/s1. The lowest BCUT2D eigenvalue weighted by atomic mass is 9.68. The minimum atomic E-state index is -0.630. The molecule has 8 bridgehead atoms. The number of hydrogen-bond acceptors (Lipinski definition) is 6. The zero-order valence-electron chi connectivity index (χ0n) is 15.6. The van der Waals surface area contributed by atoms with Crippen LogP contribution in [0.3, 0.4) is 0 Å². The molecule has 6 heteroatoms. The predicted octanol–water partition coefficient (Wildman–Crippen LogP) is 1.39. The molecule has 0 spiro atoms. The van der Waals surface area contributed by atoms with Crippen LogP contribution >= 0.6 is 0 Å². The van der Waals surface area contributed by atoms with E-state index in [2.05, 4.69) is 0 Å². The monoisotopic (exact) mass is 380 g/mol. The van der Waals surface area contributed by atoms with Crippen LogP contribution in [0.2, 0.25) is 0 Å². The van der Waals surface area contributed by atoms with E-state index in [1.165, 1.54) is 25.0 Å². The van der Waals surface area contributed by atoms with Gasteiger partial charge in [-0.3, -0.25) is 19.2 Å². The molecule has 4 fully saturated rings. The highest BCUT2D eigenvalue weighted by atomic mass is 16.5. The molecular formula is C22H20O6. The highest BCUT2D eigenvalue weighted by Gasteiger charge is 2.83. The molecule has 0 aromatic rings. The molecule has 0 aromatic carbocycles. The van der Waals surface area contributed by atoms with Gasteiger partial charge in [0.1, 0.15) is 0 Å².